The van der Waals surface area contributed by atoms with Gasteiger partial charge in [0, 0.05) is 54.2 Å². The number of aromatic nitrogens is 2. The molecule has 3 aromatic heterocycles. The van der Waals surface area contributed by atoms with Crippen LogP contribution in [0.2, 0.25) is 0 Å². The van der Waals surface area contributed by atoms with Crippen molar-refractivity contribution in [3.8, 4) is 22.5 Å². The van der Waals surface area contributed by atoms with Gasteiger partial charge in [-0.25, -0.2) is 0 Å². The third-order valence-corrected chi connectivity index (χ3v) is 14.0. The molecule has 0 saturated heterocycles. The maximum atomic E-state index is 16.8. The first-order chi connectivity index (χ1) is 27.2. The summed E-state index contributed by atoms with van der Waals surface area (Å²) in [6.07, 6.45) is 0. The molecule has 3 heterocycles. The first-order valence-corrected chi connectivity index (χ1v) is 20.3. The first kappa shape index (κ1) is 31.6. The van der Waals surface area contributed by atoms with Crippen molar-refractivity contribution in [2.24, 2.45) is 0 Å². The van der Waals surface area contributed by atoms with E-state index in [1.807, 2.05) is 84.9 Å². The fourth-order valence-electron chi connectivity index (χ4n) is 8.64. The molecule has 0 saturated carbocycles. The number of para-hydroxylation sites is 4. The number of furan rings is 1. The molecule has 5 heteroatoms. The number of fused-ring (bicyclic) bond motifs is 8. The Hall–Kier alpha value is -6.87. The van der Waals surface area contributed by atoms with Crippen molar-refractivity contribution in [1.82, 2.24) is 9.13 Å². The highest BCUT2D eigenvalue weighted by molar-refractivity contribution is 7.85. The van der Waals surface area contributed by atoms with Crippen molar-refractivity contribution in [1.29, 1.82) is 0 Å². The fraction of sp³-hybridized carbons (Fsp3) is 0. The third kappa shape index (κ3) is 4.69. The summed E-state index contributed by atoms with van der Waals surface area (Å²) in [6, 6.07) is 68.7. The van der Waals surface area contributed by atoms with Crippen LogP contribution in [0.1, 0.15) is 0 Å². The minimum atomic E-state index is -3.54. The van der Waals surface area contributed by atoms with Crippen molar-refractivity contribution in [2.75, 3.05) is 0 Å². The van der Waals surface area contributed by atoms with E-state index >= 15 is 4.57 Å². The predicted molar refractivity (Wildman–Crippen MR) is 230 cm³/mol. The molecule has 0 aliphatic carbocycles. The maximum absolute atomic E-state index is 16.8. The average Bonchev–Trinajstić information content (AvgIpc) is 3.92. The highest BCUT2D eigenvalue weighted by Crippen LogP contribution is 2.50. The summed E-state index contributed by atoms with van der Waals surface area (Å²) < 4.78 is 27.9. The van der Waals surface area contributed by atoms with Gasteiger partial charge in [-0.05, 0) is 65.7 Å². The molecule has 0 bridgehead atoms. The van der Waals surface area contributed by atoms with Crippen molar-refractivity contribution in [3.05, 3.63) is 200 Å². The van der Waals surface area contributed by atoms with Crippen LogP contribution in [0.15, 0.2) is 205 Å². The minimum absolute atomic E-state index is 0.783. The Morgan fingerprint density at radius 3 is 1.65 bits per heavy atom. The molecule has 260 valence electrons. The standard InChI is InChI=1S/C50H33N2O2P/c53-55(37-22-9-3-10-23-37,38-24-11-4-12-25-38)46-33-34(39-28-17-31-45-47(39)41-27-14-16-30-44(41)54-45)32-42-48-40-26-13-15-29-43(40)51(35-18-5-1-6-19-35)50(48)52(49(42)46)36-20-7-2-8-21-36/h1-33H. The van der Waals surface area contributed by atoms with E-state index in [0.29, 0.717) is 0 Å². The molecule has 0 fully saturated rings. The van der Waals surface area contributed by atoms with Crippen LogP contribution in [0.3, 0.4) is 0 Å². The smallest absolute Gasteiger partial charge is 0.173 e. The zero-order valence-corrected chi connectivity index (χ0v) is 30.6. The average molecular weight is 725 g/mol. The van der Waals surface area contributed by atoms with Gasteiger partial charge in [0.25, 0.3) is 0 Å². The maximum Gasteiger partial charge on any atom is 0.173 e. The molecule has 0 spiro atoms. The Bertz CT molecular complexity index is 3230. The molecular weight excluding hydrogens is 692 g/mol. The third-order valence-electron chi connectivity index (χ3n) is 11.0. The van der Waals surface area contributed by atoms with E-state index in [4.69, 9.17) is 4.42 Å². The number of benzene rings is 8. The van der Waals surface area contributed by atoms with E-state index in [0.717, 1.165) is 93.2 Å². The van der Waals surface area contributed by atoms with Crippen molar-refractivity contribution >= 4 is 77.8 Å². The van der Waals surface area contributed by atoms with Crippen LogP contribution in [0.25, 0.3) is 77.3 Å². The van der Waals surface area contributed by atoms with E-state index in [1.165, 1.54) is 0 Å². The summed E-state index contributed by atoms with van der Waals surface area (Å²) in [7, 11) is -3.54. The lowest BCUT2D eigenvalue weighted by Gasteiger charge is -2.23. The van der Waals surface area contributed by atoms with Crippen LogP contribution < -0.4 is 15.9 Å². The Labute approximate surface area is 317 Å². The lowest BCUT2D eigenvalue weighted by molar-refractivity contribution is 0.592. The Morgan fingerprint density at radius 1 is 0.436 bits per heavy atom. The predicted octanol–water partition coefficient (Wildman–Crippen LogP) is 11.9. The zero-order chi connectivity index (χ0) is 36.5. The monoisotopic (exact) mass is 724 g/mol. The van der Waals surface area contributed by atoms with Crippen molar-refractivity contribution in [3.63, 3.8) is 0 Å². The van der Waals surface area contributed by atoms with Gasteiger partial charge < -0.3 is 8.98 Å². The molecule has 0 N–H and O–H groups in total. The van der Waals surface area contributed by atoms with Crippen LogP contribution in [-0.4, -0.2) is 9.13 Å². The Morgan fingerprint density at radius 2 is 0.982 bits per heavy atom. The second-order valence-corrected chi connectivity index (χ2v) is 16.7. The molecule has 0 aliphatic heterocycles. The summed E-state index contributed by atoms with van der Waals surface area (Å²) in [4.78, 5) is 0. The molecular formula is C50H33N2O2P. The van der Waals surface area contributed by atoms with Gasteiger partial charge in [-0.2, -0.15) is 0 Å². The Balaban J connectivity index is 1.41. The summed E-state index contributed by atoms with van der Waals surface area (Å²) >= 11 is 0. The van der Waals surface area contributed by atoms with Gasteiger partial charge in [0.2, 0.25) is 0 Å². The second-order valence-electron chi connectivity index (χ2n) is 14.0. The van der Waals surface area contributed by atoms with Crippen LogP contribution in [0, 0.1) is 0 Å². The van der Waals surface area contributed by atoms with Crippen molar-refractivity contribution < 1.29 is 8.98 Å². The summed E-state index contributed by atoms with van der Waals surface area (Å²) in [5.74, 6) is 0. The van der Waals surface area contributed by atoms with E-state index in [9.17, 15) is 0 Å². The molecule has 0 aliphatic rings. The first-order valence-electron chi connectivity index (χ1n) is 18.5. The fourth-order valence-corrected chi connectivity index (χ4v) is 11.5. The Kier molecular flexibility index (Phi) is 7.10. The molecule has 4 nitrogen and oxygen atoms in total. The van der Waals surface area contributed by atoms with E-state index < -0.39 is 7.14 Å². The van der Waals surface area contributed by atoms with Crippen LogP contribution in [0.4, 0.5) is 0 Å². The summed E-state index contributed by atoms with van der Waals surface area (Å²) in [6.45, 7) is 0. The quantitative estimate of drug-likeness (QED) is 0.160. The van der Waals surface area contributed by atoms with Crippen molar-refractivity contribution in [2.45, 2.75) is 0 Å². The number of hydrogen-bond acceptors (Lipinski definition) is 2. The topological polar surface area (TPSA) is 40.1 Å². The number of nitrogens with zero attached hydrogens (tertiary/aromatic N) is 2. The van der Waals surface area contributed by atoms with Gasteiger partial charge in [-0.1, -0.05) is 146 Å². The van der Waals surface area contributed by atoms with Gasteiger partial charge in [-0.3, -0.25) is 9.13 Å². The zero-order valence-electron chi connectivity index (χ0n) is 29.7. The SMILES string of the molecule is O=P(c1ccccc1)(c1ccccc1)c1cc(-c2cccc3oc4ccccc4c23)cc2c3c4ccccc4n(-c4ccccc4)c3n(-c3ccccc3)c12. The number of rotatable bonds is 6. The molecule has 0 amide bonds. The lowest BCUT2D eigenvalue weighted by Crippen LogP contribution is -2.26. The van der Waals surface area contributed by atoms with E-state index in [-0.39, 0.29) is 0 Å². The number of hydrogen-bond donors (Lipinski definition) is 0. The molecule has 0 radical (unpaired) electrons. The van der Waals surface area contributed by atoms with Crippen LogP contribution >= 0.6 is 7.14 Å². The normalized spacial score (nSPS) is 12.1. The van der Waals surface area contributed by atoms with Gasteiger partial charge in [0.15, 0.2) is 7.14 Å². The van der Waals surface area contributed by atoms with Gasteiger partial charge >= 0.3 is 0 Å². The lowest BCUT2D eigenvalue weighted by atomic mass is 9.97. The van der Waals surface area contributed by atoms with Crippen LogP contribution in [0.5, 0.6) is 0 Å². The molecule has 8 aromatic carbocycles. The van der Waals surface area contributed by atoms with Gasteiger partial charge in [0.1, 0.15) is 16.8 Å². The molecule has 11 rings (SSSR count). The second kappa shape index (κ2) is 12.3. The van der Waals surface area contributed by atoms with Crippen LogP contribution in [-0.2, 0) is 4.57 Å². The van der Waals surface area contributed by atoms with Gasteiger partial charge in [0.05, 0.1) is 11.0 Å². The van der Waals surface area contributed by atoms with E-state index in [1.54, 1.807) is 0 Å². The molecule has 55 heavy (non-hydrogen) atoms. The minimum Gasteiger partial charge on any atom is -0.456 e. The summed E-state index contributed by atoms with van der Waals surface area (Å²) in [5.41, 5.74) is 8.78. The molecule has 0 unspecified atom stereocenters. The highest BCUT2D eigenvalue weighted by atomic mass is 31.2. The molecule has 11 aromatic rings. The highest BCUT2D eigenvalue weighted by Gasteiger charge is 2.35. The van der Waals surface area contributed by atoms with Gasteiger partial charge in [-0.15, -0.1) is 0 Å². The summed E-state index contributed by atoms with van der Waals surface area (Å²) in [5, 5.41) is 7.73. The van der Waals surface area contributed by atoms with E-state index in [2.05, 4.69) is 124 Å². The largest absolute Gasteiger partial charge is 0.456 e. The molecule has 0 atom stereocenters.